The summed E-state index contributed by atoms with van der Waals surface area (Å²) in [5.41, 5.74) is 0.579. The molecule has 2 aromatic heterocycles. The van der Waals surface area contributed by atoms with Crippen LogP contribution in [0.4, 0.5) is 19.0 Å². The molecular formula is C13H10F3IN2S. The van der Waals surface area contributed by atoms with Crippen LogP contribution in [0.2, 0.25) is 0 Å². The smallest absolute Gasteiger partial charge is 0.351 e. The van der Waals surface area contributed by atoms with Crippen molar-refractivity contribution in [3.05, 3.63) is 43.3 Å². The van der Waals surface area contributed by atoms with Crippen molar-refractivity contribution in [2.75, 3.05) is 11.4 Å². The average molecular weight is 410 g/mol. The molecule has 0 radical (unpaired) electrons. The highest BCUT2D eigenvalue weighted by Gasteiger charge is 2.35. The van der Waals surface area contributed by atoms with Crippen molar-refractivity contribution >= 4 is 39.7 Å². The molecule has 2 nitrogen and oxygen atoms in total. The molecule has 0 atom stereocenters. The molecule has 7 heteroatoms. The van der Waals surface area contributed by atoms with Gasteiger partial charge in [-0.25, -0.2) is 4.98 Å². The zero-order valence-electron chi connectivity index (χ0n) is 10.2. The Bertz CT molecular complexity index is 639. The van der Waals surface area contributed by atoms with Gasteiger partial charge in [-0.05, 0) is 52.1 Å². The molecule has 1 aliphatic heterocycles. The number of nitrogens with zero attached hydrogens (tertiary/aromatic N) is 2. The Balaban J connectivity index is 1.96. The first-order valence-electron chi connectivity index (χ1n) is 5.98. The Labute approximate surface area is 131 Å². The topological polar surface area (TPSA) is 16.1 Å². The summed E-state index contributed by atoms with van der Waals surface area (Å²) in [5, 5.41) is 2.03. The minimum atomic E-state index is -4.34. The molecule has 0 spiro atoms. The van der Waals surface area contributed by atoms with Gasteiger partial charge in [-0.1, -0.05) is 0 Å². The number of anilines is 1. The van der Waals surface area contributed by atoms with E-state index in [0.29, 0.717) is 18.9 Å². The van der Waals surface area contributed by atoms with Crippen LogP contribution in [0.5, 0.6) is 0 Å². The van der Waals surface area contributed by atoms with Gasteiger partial charge in [0.05, 0.1) is 9.13 Å². The van der Waals surface area contributed by atoms with Crippen molar-refractivity contribution in [1.29, 1.82) is 0 Å². The quantitative estimate of drug-likeness (QED) is 0.651. The van der Waals surface area contributed by atoms with E-state index in [9.17, 15) is 13.2 Å². The molecule has 0 aliphatic carbocycles. The van der Waals surface area contributed by atoms with Crippen LogP contribution in [0.25, 0.3) is 0 Å². The second-order valence-corrected chi connectivity index (χ2v) is 6.61. The second kappa shape index (κ2) is 5.18. The van der Waals surface area contributed by atoms with E-state index in [-0.39, 0.29) is 3.57 Å². The average Bonchev–Trinajstić information content (AvgIpc) is 2.84. The maximum Gasteiger partial charge on any atom is 0.417 e. The van der Waals surface area contributed by atoms with Gasteiger partial charge >= 0.3 is 6.18 Å². The number of thiophene rings is 1. The largest absolute Gasteiger partial charge is 0.417 e. The summed E-state index contributed by atoms with van der Waals surface area (Å²) in [6.45, 7) is 1.33. The molecule has 0 unspecified atom stereocenters. The molecule has 0 aromatic carbocycles. The first kappa shape index (κ1) is 14.1. The third kappa shape index (κ3) is 2.52. The van der Waals surface area contributed by atoms with Gasteiger partial charge in [-0.3, -0.25) is 0 Å². The number of fused-ring (bicyclic) bond motifs is 1. The Morgan fingerprint density at radius 1 is 1.30 bits per heavy atom. The molecule has 0 saturated heterocycles. The SMILES string of the molecule is FC(F)(F)c1ccnc(N2CCc3sccc3C2)c1I. The molecule has 106 valence electrons. The first-order valence-corrected chi connectivity index (χ1v) is 7.94. The normalized spacial score (nSPS) is 15.3. The van der Waals surface area contributed by atoms with Gasteiger partial charge in [0.1, 0.15) is 5.82 Å². The van der Waals surface area contributed by atoms with Crippen molar-refractivity contribution in [2.24, 2.45) is 0 Å². The molecule has 0 fully saturated rings. The molecule has 20 heavy (non-hydrogen) atoms. The van der Waals surface area contributed by atoms with Crippen LogP contribution in [0.1, 0.15) is 16.0 Å². The van der Waals surface area contributed by atoms with Gasteiger partial charge < -0.3 is 4.90 Å². The van der Waals surface area contributed by atoms with E-state index in [1.165, 1.54) is 16.6 Å². The number of hydrogen-bond acceptors (Lipinski definition) is 3. The summed E-state index contributed by atoms with van der Waals surface area (Å²) in [6, 6.07) is 3.07. The van der Waals surface area contributed by atoms with E-state index in [0.717, 1.165) is 12.5 Å². The predicted molar refractivity (Wildman–Crippen MR) is 81.0 cm³/mol. The Morgan fingerprint density at radius 2 is 2.10 bits per heavy atom. The van der Waals surface area contributed by atoms with Gasteiger partial charge in [0.25, 0.3) is 0 Å². The molecule has 0 amide bonds. The Kier molecular flexibility index (Phi) is 3.65. The lowest BCUT2D eigenvalue weighted by Gasteiger charge is -2.29. The third-order valence-corrected chi connectivity index (χ3v) is 5.37. The van der Waals surface area contributed by atoms with Crippen molar-refractivity contribution in [2.45, 2.75) is 19.1 Å². The van der Waals surface area contributed by atoms with Crippen LogP contribution in [-0.4, -0.2) is 11.5 Å². The number of pyridine rings is 1. The van der Waals surface area contributed by atoms with Crippen molar-refractivity contribution in [3.8, 4) is 0 Å². The monoisotopic (exact) mass is 410 g/mol. The fourth-order valence-corrected chi connectivity index (χ4v) is 4.16. The van der Waals surface area contributed by atoms with Gasteiger partial charge in [-0.2, -0.15) is 13.2 Å². The van der Waals surface area contributed by atoms with Gasteiger partial charge in [0.2, 0.25) is 0 Å². The summed E-state index contributed by atoms with van der Waals surface area (Å²) < 4.78 is 39.0. The highest BCUT2D eigenvalue weighted by molar-refractivity contribution is 14.1. The predicted octanol–water partition coefficient (Wildman–Crippen LogP) is 4.33. The fourth-order valence-electron chi connectivity index (χ4n) is 2.30. The van der Waals surface area contributed by atoms with Crippen molar-refractivity contribution in [1.82, 2.24) is 4.98 Å². The van der Waals surface area contributed by atoms with Crippen molar-refractivity contribution < 1.29 is 13.2 Å². The van der Waals surface area contributed by atoms with E-state index in [2.05, 4.69) is 4.98 Å². The molecule has 3 rings (SSSR count). The molecule has 2 aromatic rings. The number of alkyl halides is 3. The molecule has 0 bridgehead atoms. The highest BCUT2D eigenvalue weighted by Crippen LogP contribution is 2.37. The van der Waals surface area contributed by atoms with Crippen LogP contribution in [0.15, 0.2) is 23.7 Å². The van der Waals surface area contributed by atoms with Crippen molar-refractivity contribution in [3.63, 3.8) is 0 Å². The Hall–Kier alpha value is -0.830. The zero-order chi connectivity index (χ0) is 14.3. The van der Waals surface area contributed by atoms with E-state index < -0.39 is 11.7 Å². The second-order valence-electron chi connectivity index (χ2n) is 4.53. The lowest BCUT2D eigenvalue weighted by atomic mass is 10.1. The van der Waals surface area contributed by atoms with Crippen LogP contribution in [0.3, 0.4) is 0 Å². The molecular weight excluding hydrogens is 400 g/mol. The first-order chi connectivity index (χ1) is 9.47. The van der Waals surface area contributed by atoms with Crippen LogP contribution in [0, 0.1) is 3.57 Å². The lowest BCUT2D eigenvalue weighted by molar-refractivity contribution is -0.138. The molecule has 3 heterocycles. The maximum absolute atomic E-state index is 12.9. The van der Waals surface area contributed by atoms with E-state index in [1.54, 1.807) is 33.9 Å². The van der Waals surface area contributed by atoms with Gasteiger partial charge in [-0.15, -0.1) is 11.3 Å². The zero-order valence-corrected chi connectivity index (χ0v) is 13.2. The minimum absolute atomic E-state index is 0.177. The highest BCUT2D eigenvalue weighted by atomic mass is 127. The summed E-state index contributed by atoms with van der Waals surface area (Å²) >= 11 is 3.45. The third-order valence-electron chi connectivity index (χ3n) is 3.28. The Morgan fingerprint density at radius 3 is 2.85 bits per heavy atom. The van der Waals surface area contributed by atoms with E-state index >= 15 is 0 Å². The summed E-state index contributed by atoms with van der Waals surface area (Å²) in [4.78, 5) is 7.40. The lowest BCUT2D eigenvalue weighted by Crippen LogP contribution is -2.31. The standard InChI is InChI=1S/C13H10F3IN2S/c14-13(15,16)9-1-4-18-12(11(9)17)19-5-2-10-8(7-19)3-6-20-10/h1,3-4,6H,2,5,7H2. The minimum Gasteiger partial charge on any atom is -0.351 e. The number of aromatic nitrogens is 1. The van der Waals surface area contributed by atoms with Gasteiger partial charge in [0.15, 0.2) is 0 Å². The van der Waals surface area contributed by atoms with Crippen LogP contribution < -0.4 is 4.90 Å². The molecule has 0 N–H and O–H groups in total. The number of rotatable bonds is 1. The van der Waals surface area contributed by atoms with E-state index in [1.807, 2.05) is 16.3 Å². The number of hydrogen-bond donors (Lipinski definition) is 0. The number of halogens is 4. The summed E-state index contributed by atoms with van der Waals surface area (Å²) in [7, 11) is 0. The summed E-state index contributed by atoms with van der Waals surface area (Å²) in [5.74, 6) is 0.428. The van der Waals surface area contributed by atoms with E-state index in [4.69, 9.17) is 0 Å². The molecule has 1 aliphatic rings. The fraction of sp³-hybridized carbons (Fsp3) is 0.308. The molecule has 0 saturated carbocycles. The maximum atomic E-state index is 12.9. The van der Waals surface area contributed by atoms with Crippen LogP contribution >= 0.6 is 33.9 Å². The van der Waals surface area contributed by atoms with Crippen LogP contribution in [-0.2, 0) is 19.1 Å². The van der Waals surface area contributed by atoms with Gasteiger partial charge in [0, 0.05) is 24.2 Å². The summed E-state index contributed by atoms with van der Waals surface area (Å²) in [6.07, 6.45) is -2.23.